The third-order valence-corrected chi connectivity index (χ3v) is 5.12. The predicted molar refractivity (Wildman–Crippen MR) is 122 cm³/mol. The highest BCUT2D eigenvalue weighted by atomic mass is 16.5. The lowest BCUT2D eigenvalue weighted by Crippen LogP contribution is -2.05. The number of fused-ring (bicyclic) bond motifs is 1. The molecule has 0 amide bonds. The number of phenols is 1. The van der Waals surface area contributed by atoms with Crippen LogP contribution in [0.1, 0.15) is 38.3 Å². The Kier molecular flexibility index (Phi) is 7.45. The second kappa shape index (κ2) is 10.2. The van der Waals surface area contributed by atoms with Gasteiger partial charge in [-0.15, -0.1) is 0 Å². The van der Waals surface area contributed by atoms with E-state index in [1.165, 1.54) is 0 Å². The molecule has 1 aromatic heterocycles. The van der Waals surface area contributed by atoms with Crippen LogP contribution >= 0.6 is 0 Å². The maximum absolute atomic E-state index is 10.6. The van der Waals surface area contributed by atoms with Gasteiger partial charge < -0.3 is 24.1 Å². The average molecular weight is 426 g/mol. The number of aromatic hydroxyl groups is 1. The minimum absolute atomic E-state index is 0.109. The SMILES string of the molecule is CCOc1ccc2c(Cc3cc(OC)c(OCCC(C)C)c(OC)c3)cncc2c1O. The van der Waals surface area contributed by atoms with Gasteiger partial charge in [-0.25, -0.2) is 0 Å². The molecule has 0 aliphatic heterocycles. The van der Waals surface area contributed by atoms with Crippen molar-refractivity contribution in [2.75, 3.05) is 27.4 Å². The maximum atomic E-state index is 10.6. The fourth-order valence-corrected chi connectivity index (χ4v) is 3.48. The number of ether oxygens (including phenoxy) is 4. The number of nitrogens with zero attached hydrogens (tertiary/aromatic N) is 1. The molecule has 1 N–H and O–H groups in total. The Labute approximate surface area is 183 Å². The van der Waals surface area contributed by atoms with Crippen LogP contribution in [0, 0.1) is 5.92 Å². The summed E-state index contributed by atoms with van der Waals surface area (Å²) in [6, 6.07) is 7.66. The summed E-state index contributed by atoms with van der Waals surface area (Å²) in [5, 5.41) is 12.2. The zero-order valence-corrected chi connectivity index (χ0v) is 18.9. The van der Waals surface area contributed by atoms with E-state index in [4.69, 9.17) is 18.9 Å². The predicted octanol–water partition coefficient (Wildman–Crippen LogP) is 5.37. The molecule has 3 aromatic rings. The minimum Gasteiger partial charge on any atom is -0.504 e. The van der Waals surface area contributed by atoms with E-state index in [2.05, 4.69) is 18.8 Å². The molecule has 0 fully saturated rings. The first-order valence-corrected chi connectivity index (χ1v) is 10.6. The molecule has 31 heavy (non-hydrogen) atoms. The van der Waals surface area contributed by atoms with E-state index < -0.39 is 0 Å². The van der Waals surface area contributed by atoms with Crippen LogP contribution in [-0.4, -0.2) is 37.5 Å². The third-order valence-electron chi connectivity index (χ3n) is 5.12. The first kappa shape index (κ1) is 22.5. The van der Waals surface area contributed by atoms with Gasteiger partial charge in [-0.2, -0.15) is 0 Å². The summed E-state index contributed by atoms with van der Waals surface area (Å²) in [6.07, 6.45) is 5.01. The van der Waals surface area contributed by atoms with Crippen LogP contribution in [0.4, 0.5) is 0 Å². The van der Waals surface area contributed by atoms with Crippen LogP contribution in [-0.2, 0) is 6.42 Å². The summed E-state index contributed by atoms with van der Waals surface area (Å²) in [5.74, 6) is 3.00. The van der Waals surface area contributed by atoms with Crippen molar-refractivity contribution in [3.05, 3.63) is 47.8 Å². The standard InChI is InChI=1S/C25H31NO5/c1-6-30-21-8-7-19-18(14-26-15-20(19)24(21)27)11-17-12-22(28-4)25(23(13-17)29-5)31-10-9-16(2)3/h7-8,12-16,27H,6,9-11H2,1-5H3. The van der Waals surface area contributed by atoms with E-state index in [0.29, 0.717) is 53.9 Å². The molecule has 0 unspecified atom stereocenters. The van der Waals surface area contributed by atoms with Gasteiger partial charge in [0, 0.05) is 17.8 Å². The summed E-state index contributed by atoms with van der Waals surface area (Å²) in [7, 11) is 3.25. The summed E-state index contributed by atoms with van der Waals surface area (Å²) in [6.45, 7) is 7.29. The Balaban J connectivity index is 1.95. The van der Waals surface area contributed by atoms with E-state index in [0.717, 1.165) is 22.9 Å². The van der Waals surface area contributed by atoms with Gasteiger partial charge in [-0.05, 0) is 60.4 Å². The lowest BCUT2D eigenvalue weighted by Gasteiger charge is -2.17. The van der Waals surface area contributed by atoms with Crippen LogP contribution in [0.5, 0.6) is 28.7 Å². The van der Waals surface area contributed by atoms with Crippen molar-refractivity contribution in [3.8, 4) is 28.7 Å². The first-order valence-electron chi connectivity index (χ1n) is 10.6. The zero-order valence-electron chi connectivity index (χ0n) is 18.9. The summed E-state index contributed by atoms with van der Waals surface area (Å²) in [4.78, 5) is 4.33. The first-order chi connectivity index (χ1) is 15.0. The van der Waals surface area contributed by atoms with Crippen LogP contribution in [0.3, 0.4) is 0 Å². The van der Waals surface area contributed by atoms with Gasteiger partial charge in [-0.3, -0.25) is 4.98 Å². The molecule has 0 spiro atoms. The van der Waals surface area contributed by atoms with Crippen molar-refractivity contribution in [3.63, 3.8) is 0 Å². The second-order valence-corrected chi connectivity index (χ2v) is 7.78. The third kappa shape index (κ3) is 5.13. The average Bonchev–Trinajstić information content (AvgIpc) is 2.76. The number of hydrogen-bond acceptors (Lipinski definition) is 6. The monoisotopic (exact) mass is 425 g/mol. The highest BCUT2D eigenvalue weighted by Crippen LogP contribution is 2.40. The van der Waals surface area contributed by atoms with E-state index in [9.17, 15) is 5.11 Å². The van der Waals surface area contributed by atoms with Gasteiger partial charge in [0.1, 0.15) is 0 Å². The maximum Gasteiger partial charge on any atom is 0.203 e. The van der Waals surface area contributed by atoms with Crippen molar-refractivity contribution in [1.29, 1.82) is 0 Å². The van der Waals surface area contributed by atoms with Crippen molar-refractivity contribution in [2.45, 2.75) is 33.6 Å². The van der Waals surface area contributed by atoms with Gasteiger partial charge in [0.05, 0.1) is 27.4 Å². The molecule has 0 aliphatic rings. The quantitative estimate of drug-likeness (QED) is 0.471. The fourth-order valence-electron chi connectivity index (χ4n) is 3.48. The zero-order chi connectivity index (χ0) is 22.4. The Morgan fingerprint density at radius 3 is 2.26 bits per heavy atom. The van der Waals surface area contributed by atoms with Crippen molar-refractivity contribution >= 4 is 10.8 Å². The molecule has 166 valence electrons. The topological polar surface area (TPSA) is 70.0 Å². The van der Waals surface area contributed by atoms with E-state index >= 15 is 0 Å². The Hall–Kier alpha value is -3.15. The van der Waals surface area contributed by atoms with Crippen LogP contribution in [0.15, 0.2) is 36.7 Å². The Morgan fingerprint density at radius 1 is 0.935 bits per heavy atom. The Bertz CT molecular complexity index is 1010. The molecule has 6 heteroatoms. The van der Waals surface area contributed by atoms with Crippen LogP contribution in [0.2, 0.25) is 0 Å². The molecule has 0 aliphatic carbocycles. The molecule has 0 atom stereocenters. The van der Waals surface area contributed by atoms with Crippen molar-refractivity contribution < 1.29 is 24.1 Å². The van der Waals surface area contributed by atoms with Crippen LogP contribution < -0.4 is 18.9 Å². The molecular weight excluding hydrogens is 394 g/mol. The van der Waals surface area contributed by atoms with Crippen molar-refractivity contribution in [2.24, 2.45) is 5.92 Å². The molecule has 0 saturated carbocycles. The van der Waals surface area contributed by atoms with Gasteiger partial charge in [0.15, 0.2) is 23.0 Å². The van der Waals surface area contributed by atoms with E-state index in [-0.39, 0.29) is 5.75 Å². The number of methoxy groups -OCH3 is 2. The fraction of sp³-hybridized carbons (Fsp3) is 0.400. The summed E-state index contributed by atoms with van der Waals surface area (Å²) < 4.78 is 22.7. The normalized spacial score (nSPS) is 11.0. The number of pyridine rings is 1. The van der Waals surface area contributed by atoms with E-state index in [1.54, 1.807) is 26.5 Å². The van der Waals surface area contributed by atoms with Gasteiger partial charge in [0.2, 0.25) is 5.75 Å². The van der Waals surface area contributed by atoms with Crippen molar-refractivity contribution in [1.82, 2.24) is 4.98 Å². The second-order valence-electron chi connectivity index (χ2n) is 7.78. The highest BCUT2D eigenvalue weighted by molar-refractivity contribution is 5.92. The lowest BCUT2D eigenvalue weighted by atomic mass is 9.99. The molecule has 0 saturated heterocycles. The van der Waals surface area contributed by atoms with E-state index in [1.807, 2.05) is 31.3 Å². The highest BCUT2D eigenvalue weighted by Gasteiger charge is 2.16. The van der Waals surface area contributed by atoms with Gasteiger partial charge in [-0.1, -0.05) is 19.9 Å². The Morgan fingerprint density at radius 2 is 1.65 bits per heavy atom. The molecule has 0 bridgehead atoms. The smallest absolute Gasteiger partial charge is 0.203 e. The molecule has 0 radical (unpaired) electrons. The molecule has 6 nitrogen and oxygen atoms in total. The minimum atomic E-state index is 0.109. The number of rotatable bonds is 10. The van der Waals surface area contributed by atoms with Crippen LogP contribution in [0.25, 0.3) is 10.8 Å². The number of benzene rings is 2. The number of hydrogen-bond donors (Lipinski definition) is 1. The molecule has 3 rings (SSSR count). The summed E-state index contributed by atoms with van der Waals surface area (Å²) in [5.41, 5.74) is 1.97. The van der Waals surface area contributed by atoms with Gasteiger partial charge in [0.25, 0.3) is 0 Å². The largest absolute Gasteiger partial charge is 0.504 e. The molecular formula is C25H31NO5. The van der Waals surface area contributed by atoms with Gasteiger partial charge >= 0.3 is 0 Å². The lowest BCUT2D eigenvalue weighted by molar-refractivity contribution is 0.257. The number of aromatic nitrogens is 1. The number of phenolic OH excluding ortho intramolecular Hbond substituents is 1. The molecule has 2 aromatic carbocycles. The summed E-state index contributed by atoms with van der Waals surface area (Å²) >= 11 is 0. The molecule has 1 heterocycles.